The highest BCUT2D eigenvalue weighted by Gasteiger charge is 1.96. The van der Waals surface area contributed by atoms with Gasteiger partial charge in [-0.3, -0.25) is 0 Å². The largest absolute Gasteiger partial charge is 0.380 e. The van der Waals surface area contributed by atoms with Crippen LogP contribution in [-0.4, -0.2) is 25.8 Å². The highest BCUT2D eigenvalue weighted by atomic mass is 16.5. The van der Waals surface area contributed by atoms with Crippen molar-refractivity contribution >= 4 is 0 Å². The van der Waals surface area contributed by atoms with E-state index in [0.29, 0.717) is 6.04 Å². The van der Waals surface area contributed by atoms with E-state index in [4.69, 9.17) is 11.2 Å². The third kappa shape index (κ3) is 9.39. The lowest BCUT2D eigenvalue weighted by Crippen LogP contribution is -2.29. The molecule has 0 rings (SSSR count). The normalized spacial score (nSPS) is 12.4. The number of nitrogens with one attached hydrogen (secondary N) is 1. The zero-order valence-electron chi connectivity index (χ0n) is 8.81. The van der Waals surface area contributed by atoms with Crippen LogP contribution in [0.1, 0.15) is 33.1 Å². The molecule has 0 aliphatic heterocycles. The van der Waals surface area contributed by atoms with Crippen LogP contribution in [0.4, 0.5) is 0 Å². The van der Waals surface area contributed by atoms with Gasteiger partial charge in [-0.25, -0.2) is 0 Å². The van der Waals surface area contributed by atoms with E-state index in [2.05, 4.69) is 25.1 Å². The van der Waals surface area contributed by atoms with Gasteiger partial charge in [0.2, 0.25) is 0 Å². The van der Waals surface area contributed by atoms with Gasteiger partial charge < -0.3 is 10.1 Å². The summed E-state index contributed by atoms with van der Waals surface area (Å²) < 4.78 is 5.39. The molecule has 1 N–H and O–H groups in total. The van der Waals surface area contributed by atoms with Crippen LogP contribution in [0.15, 0.2) is 0 Å². The predicted molar refractivity (Wildman–Crippen MR) is 56.6 cm³/mol. The Kier molecular flexibility index (Phi) is 9.18. The number of rotatable bonds is 8. The van der Waals surface area contributed by atoms with Crippen molar-refractivity contribution < 1.29 is 4.74 Å². The maximum Gasteiger partial charge on any atom is 0.0591 e. The maximum atomic E-state index is 5.39. The molecular weight excluding hydrogens is 162 g/mol. The van der Waals surface area contributed by atoms with Crippen LogP contribution in [0.25, 0.3) is 0 Å². The molecule has 2 heteroatoms. The summed E-state index contributed by atoms with van der Waals surface area (Å²) in [5.74, 6) is 2.63. The molecule has 13 heavy (non-hydrogen) atoms. The van der Waals surface area contributed by atoms with Crippen molar-refractivity contribution in [1.82, 2.24) is 5.32 Å². The number of unbranched alkanes of at least 4 members (excludes halogenated alkanes) is 1. The van der Waals surface area contributed by atoms with Crippen LogP contribution in [0.5, 0.6) is 0 Å². The second kappa shape index (κ2) is 9.57. The standard InChI is InChI=1S/C11H21NO/c1-4-6-9-13-10-8-12-11(3)7-5-2/h2,11-12H,4,6-10H2,1,3H3. The number of ether oxygens (including phenoxy) is 1. The molecular formula is C11H21NO. The van der Waals surface area contributed by atoms with Gasteiger partial charge in [0.05, 0.1) is 6.61 Å². The predicted octanol–water partition coefficient (Wildman–Crippen LogP) is 1.80. The third-order valence-corrected chi connectivity index (χ3v) is 1.81. The Labute approximate surface area is 82.1 Å². The molecule has 0 saturated heterocycles. The second-order valence-electron chi connectivity index (χ2n) is 3.23. The Hall–Kier alpha value is -0.520. The van der Waals surface area contributed by atoms with Gasteiger partial charge in [0.15, 0.2) is 0 Å². The smallest absolute Gasteiger partial charge is 0.0591 e. The molecule has 0 fully saturated rings. The van der Waals surface area contributed by atoms with Gasteiger partial charge in [0.1, 0.15) is 0 Å². The topological polar surface area (TPSA) is 21.3 Å². The summed E-state index contributed by atoms with van der Waals surface area (Å²) in [6.07, 6.45) is 8.31. The van der Waals surface area contributed by atoms with Gasteiger partial charge in [-0.2, -0.15) is 0 Å². The minimum Gasteiger partial charge on any atom is -0.380 e. The number of hydrogen-bond acceptors (Lipinski definition) is 2. The summed E-state index contributed by atoms with van der Waals surface area (Å²) in [7, 11) is 0. The highest BCUT2D eigenvalue weighted by molar-refractivity contribution is 4.87. The van der Waals surface area contributed by atoms with Crippen molar-refractivity contribution in [3.05, 3.63) is 0 Å². The third-order valence-electron chi connectivity index (χ3n) is 1.81. The van der Waals surface area contributed by atoms with Gasteiger partial charge in [0, 0.05) is 25.6 Å². The van der Waals surface area contributed by atoms with Crippen LogP contribution in [-0.2, 0) is 4.74 Å². The van der Waals surface area contributed by atoms with E-state index < -0.39 is 0 Å². The molecule has 1 atom stereocenters. The maximum absolute atomic E-state index is 5.39. The number of hydrogen-bond donors (Lipinski definition) is 1. The molecule has 0 amide bonds. The first-order chi connectivity index (χ1) is 6.31. The van der Waals surface area contributed by atoms with E-state index in [0.717, 1.165) is 32.6 Å². The Balaban J connectivity index is 3.03. The minimum absolute atomic E-state index is 0.403. The van der Waals surface area contributed by atoms with E-state index in [1.165, 1.54) is 6.42 Å². The Morgan fingerprint density at radius 2 is 2.23 bits per heavy atom. The molecule has 0 bridgehead atoms. The first-order valence-corrected chi connectivity index (χ1v) is 5.05. The van der Waals surface area contributed by atoms with E-state index in [9.17, 15) is 0 Å². The van der Waals surface area contributed by atoms with Crippen molar-refractivity contribution in [2.24, 2.45) is 0 Å². The zero-order valence-corrected chi connectivity index (χ0v) is 8.81. The zero-order chi connectivity index (χ0) is 9.94. The summed E-state index contributed by atoms with van der Waals surface area (Å²) in [5.41, 5.74) is 0. The van der Waals surface area contributed by atoms with Crippen LogP contribution in [0.3, 0.4) is 0 Å². The van der Waals surface area contributed by atoms with E-state index in [-0.39, 0.29) is 0 Å². The minimum atomic E-state index is 0.403. The van der Waals surface area contributed by atoms with Gasteiger partial charge in [-0.05, 0) is 13.3 Å². The molecule has 0 aromatic heterocycles. The molecule has 0 aromatic carbocycles. The van der Waals surface area contributed by atoms with Gasteiger partial charge in [-0.1, -0.05) is 13.3 Å². The SMILES string of the molecule is C#CCC(C)NCCOCCCC. The monoisotopic (exact) mass is 183 g/mol. The van der Waals surface area contributed by atoms with Crippen molar-refractivity contribution in [2.75, 3.05) is 19.8 Å². The Morgan fingerprint density at radius 3 is 2.85 bits per heavy atom. The molecule has 0 aromatic rings. The van der Waals surface area contributed by atoms with Crippen molar-refractivity contribution in [3.63, 3.8) is 0 Å². The average Bonchev–Trinajstić information content (AvgIpc) is 2.11. The van der Waals surface area contributed by atoms with Crippen LogP contribution < -0.4 is 5.32 Å². The summed E-state index contributed by atoms with van der Waals surface area (Å²) in [6, 6.07) is 0.403. The lowest BCUT2D eigenvalue weighted by Gasteiger charge is -2.10. The summed E-state index contributed by atoms with van der Waals surface area (Å²) in [5, 5.41) is 3.29. The Morgan fingerprint density at radius 1 is 1.46 bits per heavy atom. The average molecular weight is 183 g/mol. The molecule has 0 spiro atoms. The molecule has 0 heterocycles. The van der Waals surface area contributed by atoms with E-state index in [1.54, 1.807) is 0 Å². The molecule has 0 aliphatic carbocycles. The molecule has 0 radical (unpaired) electrons. The lowest BCUT2D eigenvalue weighted by atomic mass is 10.2. The molecule has 0 saturated carbocycles. The molecule has 2 nitrogen and oxygen atoms in total. The van der Waals surface area contributed by atoms with E-state index >= 15 is 0 Å². The van der Waals surface area contributed by atoms with Gasteiger partial charge in [-0.15, -0.1) is 12.3 Å². The fraction of sp³-hybridized carbons (Fsp3) is 0.818. The van der Waals surface area contributed by atoms with Crippen molar-refractivity contribution in [1.29, 1.82) is 0 Å². The summed E-state index contributed by atoms with van der Waals surface area (Å²) >= 11 is 0. The van der Waals surface area contributed by atoms with Crippen molar-refractivity contribution in [2.45, 2.75) is 39.2 Å². The highest BCUT2D eigenvalue weighted by Crippen LogP contribution is 1.89. The quantitative estimate of drug-likeness (QED) is 0.458. The fourth-order valence-electron chi connectivity index (χ4n) is 0.975. The molecule has 76 valence electrons. The van der Waals surface area contributed by atoms with Crippen LogP contribution in [0.2, 0.25) is 0 Å². The van der Waals surface area contributed by atoms with Gasteiger partial charge in [0.25, 0.3) is 0 Å². The second-order valence-corrected chi connectivity index (χ2v) is 3.23. The van der Waals surface area contributed by atoms with Crippen molar-refractivity contribution in [3.8, 4) is 12.3 Å². The number of terminal acetylenes is 1. The fourth-order valence-corrected chi connectivity index (χ4v) is 0.975. The Bertz CT molecular complexity index is 140. The summed E-state index contributed by atoms with van der Waals surface area (Å²) in [6.45, 7) is 6.81. The first kappa shape index (κ1) is 12.5. The van der Waals surface area contributed by atoms with Gasteiger partial charge >= 0.3 is 0 Å². The molecule has 0 aliphatic rings. The lowest BCUT2D eigenvalue weighted by molar-refractivity contribution is 0.131. The first-order valence-electron chi connectivity index (χ1n) is 5.05. The van der Waals surface area contributed by atoms with E-state index in [1.807, 2.05) is 0 Å². The van der Waals surface area contributed by atoms with Crippen LogP contribution in [0, 0.1) is 12.3 Å². The summed E-state index contributed by atoms with van der Waals surface area (Å²) in [4.78, 5) is 0. The van der Waals surface area contributed by atoms with Crippen LogP contribution >= 0.6 is 0 Å². The molecule has 1 unspecified atom stereocenters.